The molecule has 0 bridgehead atoms. The van der Waals surface area contributed by atoms with Gasteiger partial charge in [0.25, 0.3) is 0 Å². The molecular weight excluding hydrogens is 200 g/mol. The standard InChI is InChI=1S/C13H22N2O/c1-12-5-2-3-8-15(12)9-7-14-11-13-6-4-10-16-13/h4,6,10,12,14H,2-3,5,7-9,11H2,1H3. The number of nitrogens with one attached hydrogen (secondary N) is 1. The third kappa shape index (κ3) is 3.35. The summed E-state index contributed by atoms with van der Waals surface area (Å²) in [6.07, 6.45) is 5.85. The average Bonchev–Trinajstić information content (AvgIpc) is 2.79. The van der Waals surface area contributed by atoms with Gasteiger partial charge in [-0.2, -0.15) is 0 Å². The fourth-order valence-corrected chi connectivity index (χ4v) is 2.34. The highest BCUT2D eigenvalue weighted by Gasteiger charge is 2.16. The van der Waals surface area contributed by atoms with Crippen molar-refractivity contribution in [3.05, 3.63) is 24.2 Å². The number of hydrogen-bond acceptors (Lipinski definition) is 3. The van der Waals surface area contributed by atoms with Crippen LogP contribution in [0, 0.1) is 0 Å². The SMILES string of the molecule is CC1CCCCN1CCNCc1ccco1. The van der Waals surface area contributed by atoms with Crippen LogP contribution in [-0.4, -0.2) is 30.6 Å². The minimum atomic E-state index is 0.763. The summed E-state index contributed by atoms with van der Waals surface area (Å²) in [5, 5.41) is 3.42. The second kappa shape index (κ2) is 6.06. The van der Waals surface area contributed by atoms with Gasteiger partial charge in [-0.15, -0.1) is 0 Å². The molecule has 0 spiro atoms. The normalized spacial score (nSPS) is 22.4. The molecule has 1 N–H and O–H groups in total. The van der Waals surface area contributed by atoms with E-state index in [-0.39, 0.29) is 0 Å². The van der Waals surface area contributed by atoms with E-state index in [1.807, 2.05) is 12.1 Å². The largest absolute Gasteiger partial charge is 0.468 e. The van der Waals surface area contributed by atoms with Crippen LogP contribution in [-0.2, 0) is 6.54 Å². The number of furan rings is 1. The van der Waals surface area contributed by atoms with E-state index in [1.165, 1.54) is 25.8 Å². The van der Waals surface area contributed by atoms with Crippen LogP contribution in [0.15, 0.2) is 22.8 Å². The van der Waals surface area contributed by atoms with Crippen molar-refractivity contribution in [1.29, 1.82) is 0 Å². The van der Waals surface area contributed by atoms with E-state index in [2.05, 4.69) is 17.1 Å². The number of likely N-dealkylation sites (tertiary alicyclic amines) is 1. The van der Waals surface area contributed by atoms with Gasteiger partial charge in [0.2, 0.25) is 0 Å². The molecule has 1 aromatic heterocycles. The molecule has 90 valence electrons. The first-order chi connectivity index (χ1) is 7.86. The first-order valence-corrected chi connectivity index (χ1v) is 6.33. The lowest BCUT2D eigenvalue weighted by molar-refractivity contribution is 0.161. The van der Waals surface area contributed by atoms with Gasteiger partial charge >= 0.3 is 0 Å². The zero-order valence-electron chi connectivity index (χ0n) is 10.1. The van der Waals surface area contributed by atoms with E-state index in [0.717, 1.165) is 31.4 Å². The average molecular weight is 222 g/mol. The van der Waals surface area contributed by atoms with Crippen molar-refractivity contribution >= 4 is 0 Å². The predicted octanol–water partition coefficient (Wildman–Crippen LogP) is 2.24. The van der Waals surface area contributed by atoms with E-state index >= 15 is 0 Å². The number of rotatable bonds is 5. The Bertz CT molecular complexity index is 284. The summed E-state index contributed by atoms with van der Waals surface area (Å²) < 4.78 is 5.27. The lowest BCUT2D eigenvalue weighted by Crippen LogP contribution is -2.41. The minimum absolute atomic E-state index is 0.763. The van der Waals surface area contributed by atoms with Gasteiger partial charge < -0.3 is 9.73 Å². The van der Waals surface area contributed by atoms with Gasteiger partial charge in [-0.1, -0.05) is 6.42 Å². The van der Waals surface area contributed by atoms with Crippen molar-refractivity contribution < 1.29 is 4.42 Å². The third-order valence-corrected chi connectivity index (χ3v) is 3.40. The van der Waals surface area contributed by atoms with E-state index < -0.39 is 0 Å². The molecule has 1 saturated heterocycles. The summed E-state index contributed by atoms with van der Waals surface area (Å²) in [4.78, 5) is 2.58. The molecule has 2 heterocycles. The van der Waals surface area contributed by atoms with Crippen molar-refractivity contribution in [1.82, 2.24) is 10.2 Å². The summed E-state index contributed by atoms with van der Waals surface area (Å²) >= 11 is 0. The van der Waals surface area contributed by atoms with Gasteiger partial charge in [0.05, 0.1) is 12.8 Å². The second-order valence-corrected chi connectivity index (χ2v) is 4.64. The Morgan fingerprint density at radius 1 is 1.50 bits per heavy atom. The van der Waals surface area contributed by atoms with Crippen LogP contribution in [0.5, 0.6) is 0 Å². The monoisotopic (exact) mass is 222 g/mol. The summed E-state index contributed by atoms with van der Waals surface area (Å²) in [6.45, 7) is 6.65. The molecule has 1 unspecified atom stereocenters. The zero-order chi connectivity index (χ0) is 11.2. The zero-order valence-corrected chi connectivity index (χ0v) is 10.1. The highest BCUT2D eigenvalue weighted by Crippen LogP contribution is 2.15. The maximum atomic E-state index is 5.27. The number of nitrogens with zero attached hydrogens (tertiary/aromatic N) is 1. The first kappa shape index (κ1) is 11.7. The van der Waals surface area contributed by atoms with Crippen molar-refractivity contribution in [2.45, 2.75) is 38.8 Å². The van der Waals surface area contributed by atoms with Crippen molar-refractivity contribution in [3.63, 3.8) is 0 Å². The summed E-state index contributed by atoms with van der Waals surface area (Å²) in [5.74, 6) is 1.02. The van der Waals surface area contributed by atoms with E-state index in [1.54, 1.807) is 6.26 Å². The maximum Gasteiger partial charge on any atom is 0.117 e. The molecule has 1 fully saturated rings. The Labute approximate surface area is 97.8 Å². The minimum Gasteiger partial charge on any atom is -0.468 e. The van der Waals surface area contributed by atoms with Gasteiger partial charge in [-0.25, -0.2) is 0 Å². The van der Waals surface area contributed by atoms with Gasteiger partial charge in [-0.3, -0.25) is 4.90 Å². The van der Waals surface area contributed by atoms with Gasteiger partial charge in [0, 0.05) is 19.1 Å². The molecule has 1 atom stereocenters. The van der Waals surface area contributed by atoms with E-state index in [9.17, 15) is 0 Å². The molecule has 1 aliphatic heterocycles. The second-order valence-electron chi connectivity index (χ2n) is 4.64. The molecule has 0 aliphatic carbocycles. The van der Waals surface area contributed by atoms with Gasteiger partial charge in [-0.05, 0) is 38.4 Å². The molecule has 16 heavy (non-hydrogen) atoms. The molecular formula is C13H22N2O. The molecule has 0 radical (unpaired) electrons. The number of hydrogen-bond donors (Lipinski definition) is 1. The van der Waals surface area contributed by atoms with Crippen LogP contribution in [0.4, 0.5) is 0 Å². The Morgan fingerprint density at radius 2 is 2.44 bits per heavy atom. The Hall–Kier alpha value is -0.800. The fourth-order valence-electron chi connectivity index (χ4n) is 2.34. The summed E-state index contributed by atoms with van der Waals surface area (Å²) in [6, 6.07) is 4.71. The van der Waals surface area contributed by atoms with Crippen molar-refractivity contribution in [2.24, 2.45) is 0 Å². The Kier molecular flexibility index (Phi) is 4.43. The Balaban J connectivity index is 1.60. The number of piperidine rings is 1. The smallest absolute Gasteiger partial charge is 0.117 e. The van der Waals surface area contributed by atoms with Crippen LogP contribution in [0.3, 0.4) is 0 Å². The quantitative estimate of drug-likeness (QED) is 0.775. The predicted molar refractivity (Wildman–Crippen MR) is 65.3 cm³/mol. The topological polar surface area (TPSA) is 28.4 Å². The molecule has 2 rings (SSSR count). The maximum absolute atomic E-state index is 5.27. The summed E-state index contributed by atoms with van der Waals surface area (Å²) in [5.41, 5.74) is 0. The molecule has 3 nitrogen and oxygen atoms in total. The van der Waals surface area contributed by atoms with Crippen LogP contribution in [0.1, 0.15) is 31.9 Å². The fraction of sp³-hybridized carbons (Fsp3) is 0.692. The molecule has 3 heteroatoms. The first-order valence-electron chi connectivity index (χ1n) is 6.33. The molecule has 1 aromatic rings. The molecule has 0 amide bonds. The van der Waals surface area contributed by atoms with Crippen molar-refractivity contribution in [2.75, 3.05) is 19.6 Å². The summed E-state index contributed by atoms with van der Waals surface area (Å²) in [7, 11) is 0. The van der Waals surface area contributed by atoms with Crippen LogP contribution in [0.2, 0.25) is 0 Å². The van der Waals surface area contributed by atoms with Gasteiger partial charge in [0.15, 0.2) is 0 Å². The van der Waals surface area contributed by atoms with Crippen molar-refractivity contribution in [3.8, 4) is 0 Å². The van der Waals surface area contributed by atoms with Crippen LogP contribution >= 0.6 is 0 Å². The molecule has 1 aliphatic rings. The molecule has 0 aromatic carbocycles. The lowest BCUT2D eigenvalue weighted by atomic mass is 10.0. The lowest BCUT2D eigenvalue weighted by Gasteiger charge is -2.33. The highest BCUT2D eigenvalue weighted by molar-refractivity contribution is 4.97. The molecule has 0 saturated carbocycles. The van der Waals surface area contributed by atoms with E-state index in [4.69, 9.17) is 4.42 Å². The highest BCUT2D eigenvalue weighted by atomic mass is 16.3. The van der Waals surface area contributed by atoms with Crippen LogP contribution < -0.4 is 5.32 Å². The Morgan fingerprint density at radius 3 is 3.19 bits per heavy atom. The van der Waals surface area contributed by atoms with Crippen LogP contribution in [0.25, 0.3) is 0 Å². The van der Waals surface area contributed by atoms with E-state index in [0.29, 0.717) is 0 Å². The van der Waals surface area contributed by atoms with Gasteiger partial charge in [0.1, 0.15) is 5.76 Å². The third-order valence-electron chi connectivity index (χ3n) is 3.40.